The van der Waals surface area contributed by atoms with Gasteiger partial charge in [0.2, 0.25) is 5.43 Å². The number of ether oxygens (including phenoxy) is 1. The van der Waals surface area contributed by atoms with Gasteiger partial charge in [0.25, 0.3) is 5.91 Å². The molecule has 11 heteroatoms. The van der Waals surface area contributed by atoms with Crippen molar-refractivity contribution in [3.63, 3.8) is 0 Å². The second-order valence-electron chi connectivity index (χ2n) is 10.3. The van der Waals surface area contributed by atoms with Gasteiger partial charge in [-0.05, 0) is 35.4 Å². The quantitative estimate of drug-likeness (QED) is 0.307. The molecule has 1 amide bonds. The van der Waals surface area contributed by atoms with E-state index in [0.717, 1.165) is 41.8 Å². The number of nitrogens with two attached hydrogens (primary N) is 1. The molecule has 0 radical (unpaired) electrons. The van der Waals surface area contributed by atoms with Crippen molar-refractivity contribution in [3.8, 4) is 22.3 Å². The van der Waals surface area contributed by atoms with E-state index < -0.39 is 17.2 Å². The Morgan fingerprint density at radius 2 is 1.64 bits per heavy atom. The van der Waals surface area contributed by atoms with Crippen LogP contribution in [0.25, 0.3) is 33.3 Å². The molecule has 10 nitrogen and oxygen atoms in total. The van der Waals surface area contributed by atoms with Crippen LogP contribution in [0.3, 0.4) is 0 Å². The minimum absolute atomic E-state index is 0.00172. The standard InChI is InChI=1S/C31H30FN7O3/c1-37-16-24(27-29(33)34-19-35-30(27)37)20-4-8-23(9-5-20)36-31(41)26-18-39(11-10-38-12-14-42-15-13-38)17-25(28(26)40)21-2-6-22(32)7-3-21/h2-9,16-19H,10-15H2,1H3,(H,36,41)(H2,33,34,35). The van der Waals surface area contributed by atoms with Gasteiger partial charge in [0.15, 0.2) is 0 Å². The van der Waals surface area contributed by atoms with Crippen molar-refractivity contribution in [2.45, 2.75) is 6.54 Å². The number of fused-ring (bicyclic) bond motifs is 1. The number of nitrogens with one attached hydrogen (secondary N) is 1. The summed E-state index contributed by atoms with van der Waals surface area (Å²) in [4.78, 5) is 37.7. The van der Waals surface area contributed by atoms with E-state index in [9.17, 15) is 14.0 Å². The lowest BCUT2D eigenvalue weighted by Gasteiger charge is -2.27. The molecule has 0 unspecified atom stereocenters. The summed E-state index contributed by atoms with van der Waals surface area (Å²) in [6.45, 7) is 4.32. The van der Waals surface area contributed by atoms with Gasteiger partial charge in [-0.15, -0.1) is 0 Å². The number of nitrogen functional groups attached to an aromatic ring is 1. The molecule has 0 bridgehead atoms. The summed E-state index contributed by atoms with van der Waals surface area (Å²) in [6, 6.07) is 13.0. The van der Waals surface area contributed by atoms with Crippen LogP contribution in [0.1, 0.15) is 10.4 Å². The lowest BCUT2D eigenvalue weighted by molar-refractivity contribution is 0.0364. The Hall–Kier alpha value is -4.87. The topological polar surface area (TPSA) is 120 Å². The van der Waals surface area contributed by atoms with Crippen LogP contribution in [-0.2, 0) is 18.3 Å². The van der Waals surface area contributed by atoms with E-state index in [-0.39, 0.29) is 5.56 Å². The van der Waals surface area contributed by atoms with Crippen molar-refractivity contribution < 1.29 is 13.9 Å². The SMILES string of the molecule is Cn1cc(-c2ccc(NC(=O)c3cn(CCN4CCOCC4)cc(-c4ccc(F)cc4)c3=O)cc2)c2c(N)ncnc21. The summed E-state index contributed by atoms with van der Waals surface area (Å²) in [7, 11) is 1.89. The smallest absolute Gasteiger partial charge is 0.261 e. The van der Waals surface area contributed by atoms with Crippen LogP contribution < -0.4 is 16.5 Å². The first-order chi connectivity index (χ1) is 20.4. The molecular formula is C31H30FN7O3. The van der Waals surface area contributed by atoms with Gasteiger partial charge in [-0.3, -0.25) is 14.5 Å². The highest BCUT2D eigenvalue weighted by Gasteiger charge is 2.18. The maximum absolute atomic E-state index is 13.6. The fraction of sp³-hybridized carbons (Fsp3) is 0.226. The number of amides is 1. The molecule has 0 spiro atoms. The lowest BCUT2D eigenvalue weighted by Crippen LogP contribution is -2.38. The first-order valence-corrected chi connectivity index (χ1v) is 13.6. The summed E-state index contributed by atoms with van der Waals surface area (Å²) in [5.74, 6) is -0.541. The van der Waals surface area contributed by atoms with Crippen LogP contribution in [0, 0.1) is 5.82 Å². The third-order valence-corrected chi connectivity index (χ3v) is 7.49. The van der Waals surface area contributed by atoms with Gasteiger partial charge in [0, 0.05) is 68.6 Å². The van der Waals surface area contributed by atoms with E-state index in [4.69, 9.17) is 10.5 Å². The first-order valence-electron chi connectivity index (χ1n) is 13.6. The van der Waals surface area contributed by atoms with Gasteiger partial charge < -0.3 is 24.9 Å². The zero-order valence-electron chi connectivity index (χ0n) is 23.1. The van der Waals surface area contributed by atoms with Crippen molar-refractivity contribution in [3.05, 3.63) is 95.1 Å². The van der Waals surface area contributed by atoms with Crippen LogP contribution >= 0.6 is 0 Å². The molecule has 2 aromatic carbocycles. The Morgan fingerprint density at radius 1 is 0.952 bits per heavy atom. The summed E-state index contributed by atoms with van der Waals surface area (Å²) in [6.07, 6.45) is 6.67. The van der Waals surface area contributed by atoms with Crippen molar-refractivity contribution in [1.29, 1.82) is 0 Å². The second-order valence-corrected chi connectivity index (χ2v) is 10.3. The summed E-state index contributed by atoms with van der Waals surface area (Å²) in [5.41, 5.74) is 9.59. The van der Waals surface area contributed by atoms with Crippen LogP contribution in [-0.4, -0.2) is 62.8 Å². The molecule has 0 saturated carbocycles. The number of benzene rings is 2. The van der Waals surface area contributed by atoms with Gasteiger partial charge in [0.1, 0.15) is 29.2 Å². The number of rotatable bonds is 7. The molecule has 1 aliphatic rings. The molecule has 1 aliphatic heterocycles. The van der Waals surface area contributed by atoms with Crippen molar-refractivity contribution in [2.24, 2.45) is 7.05 Å². The maximum Gasteiger partial charge on any atom is 0.261 e. The first kappa shape index (κ1) is 27.3. The predicted molar refractivity (Wildman–Crippen MR) is 160 cm³/mol. The van der Waals surface area contributed by atoms with Crippen molar-refractivity contribution >= 4 is 28.4 Å². The number of hydrogen-bond acceptors (Lipinski definition) is 7. The fourth-order valence-corrected chi connectivity index (χ4v) is 5.22. The Kier molecular flexibility index (Phi) is 7.51. The average molecular weight is 568 g/mol. The third-order valence-electron chi connectivity index (χ3n) is 7.49. The molecule has 4 heterocycles. The summed E-state index contributed by atoms with van der Waals surface area (Å²) >= 11 is 0. The predicted octanol–water partition coefficient (Wildman–Crippen LogP) is 3.77. The van der Waals surface area contributed by atoms with Gasteiger partial charge in [-0.2, -0.15) is 0 Å². The molecule has 214 valence electrons. The molecule has 0 atom stereocenters. The van der Waals surface area contributed by atoms with Crippen LogP contribution in [0.2, 0.25) is 0 Å². The summed E-state index contributed by atoms with van der Waals surface area (Å²) in [5, 5.41) is 3.61. The molecule has 3 aromatic heterocycles. The van der Waals surface area contributed by atoms with E-state index in [0.29, 0.717) is 42.4 Å². The maximum atomic E-state index is 13.6. The van der Waals surface area contributed by atoms with Gasteiger partial charge >= 0.3 is 0 Å². The normalized spacial score (nSPS) is 13.9. The number of nitrogens with zero attached hydrogens (tertiary/aromatic N) is 5. The van der Waals surface area contributed by atoms with Crippen molar-refractivity contribution in [1.82, 2.24) is 24.0 Å². The number of aryl methyl sites for hydroxylation is 1. The molecule has 1 fully saturated rings. The van der Waals surface area contributed by atoms with Gasteiger partial charge in [-0.25, -0.2) is 14.4 Å². The Balaban J connectivity index is 1.28. The highest BCUT2D eigenvalue weighted by molar-refractivity contribution is 6.05. The van der Waals surface area contributed by atoms with E-state index in [1.165, 1.54) is 18.5 Å². The van der Waals surface area contributed by atoms with Gasteiger partial charge in [0.05, 0.1) is 18.6 Å². The zero-order valence-corrected chi connectivity index (χ0v) is 23.1. The number of aromatic nitrogens is 4. The van der Waals surface area contributed by atoms with Crippen LogP contribution in [0.4, 0.5) is 15.9 Å². The number of morpholine rings is 1. The van der Waals surface area contributed by atoms with Gasteiger partial charge in [-0.1, -0.05) is 24.3 Å². The van der Waals surface area contributed by atoms with E-state index in [2.05, 4.69) is 20.2 Å². The molecule has 6 rings (SSSR count). The number of anilines is 2. The third kappa shape index (κ3) is 5.52. The molecule has 42 heavy (non-hydrogen) atoms. The number of halogens is 1. The Bertz CT molecular complexity index is 1810. The van der Waals surface area contributed by atoms with E-state index in [1.54, 1.807) is 36.7 Å². The van der Waals surface area contributed by atoms with Crippen LogP contribution in [0.15, 0.2) is 78.2 Å². The average Bonchev–Trinajstić information content (AvgIpc) is 3.35. The Labute approximate surface area is 241 Å². The highest BCUT2D eigenvalue weighted by atomic mass is 19.1. The molecular weight excluding hydrogens is 537 g/mol. The number of pyridine rings is 1. The second kappa shape index (κ2) is 11.6. The molecule has 1 saturated heterocycles. The molecule has 0 aliphatic carbocycles. The van der Waals surface area contributed by atoms with E-state index in [1.807, 2.05) is 34.5 Å². The summed E-state index contributed by atoms with van der Waals surface area (Å²) < 4.78 is 22.8. The van der Waals surface area contributed by atoms with Crippen LogP contribution in [0.5, 0.6) is 0 Å². The largest absolute Gasteiger partial charge is 0.383 e. The monoisotopic (exact) mass is 567 g/mol. The molecule has 3 N–H and O–H groups in total. The fourth-order valence-electron chi connectivity index (χ4n) is 5.22. The number of hydrogen-bond donors (Lipinski definition) is 2. The minimum Gasteiger partial charge on any atom is -0.383 e. The van der Waals surface area contributed by atoms with E-state index >= 15 is 0 Å². The Morgan fingerprint density at radius 3 is 2.38 bits per heavy atom. The lowest BCUT2D eigenvalue weighted by atomic mass is 10.0. The zero-order chi connectivity index (χ0) is 29.2. The highest BCUT2D eigenvalue weighted by Crippen LogP contribution is 2.32. The minimum atomic E-state index is -0.528. The molecule has 5 aromatic rings. The number of carbonyl (C=O) groups is 1. The van der Waals surface area contributed by atoms with Crippen molar-refractivity contribution in [2.75, 3.05) is 43.9 Å². The number of carbonyl (C=O) groups excluding carboxylic acids is 1.